The highest BCUT2D eigenvalue weighted by molar-refractivity contribution is 5.67. The monoisotopic (exact) mass is 338 g/mol. The van der Waals surface area contributed by atoms with Crippen molar-refractivity contribution < 1.29 is 4.74 Å². The average molecular weight is 338 g/mol. The van der Waals surface area contributed by atoms with Crippen LogP contribution in [0.2, 0.25) is 0 Å². The average Bonchev–Trinajstić information content (AvgIpc) is 2.67. The minimum absolute atomic E-state index is 0.478. The SMILES string of the molecule is COc1ccccc1-c1cc(C2CN3CCC2CC3CN)nc(C)n1. The highest BCUT2D eigenvalue weighted by atomic mass is 16.5. The fourth-order valence-electron chi connectivity index (χ4n) is 4.49. The first-order valence-electron chi connectivity index (χ1n) is 9.12. The number of aryl methyl sites for hydroxylation is 1. The van der Waals surface area contributed by atoms with Crippen molar-refractivity contribution in [3.05, 3.63) is 41.9 Å². The topological polar surface area (TPSA) is 64.3 Å². The second-order valence-electron chi connectivity index (χ2n) is 7.20. The summed E-state index contributed by atoms with van der Waals surface area (Å²) in [5.41, 5.74) is 9.09. The van der Waals surface area contributed by atoms with E-state index in [4.69, 9.17) is 15.5 Å². The van der Waals surface area contributed by atoms with E-state index in [1.54, 1.807) is 7.11 Å². The summed E-state index contributed by atoms with van der Waals surface area (Å²) >= 11 is 0. The van der Waals surface area contributed by atoms with Crippen molar-refractivity contribution in [3.63, 3.8) is 0 Å². The van der Waals surface area contributed by atoms with E-state index in [9.17, 15) is 0 Å². The standard InChI is InChI=1S/C20H26N4O/c1-13-22-18(16-5-3-4-6-20(16)25-2)10-19(23-13)17-12-24-8-7-14(17)9-15(24)11-21/h3-6,10,14-15,17H,7-9,11-12,21H2,1-2H3. The van der Waals surface area contributed by atoms with Gasteiger partial charge in [0.1, 0.15) is 11.6 Å². The molecule has 3 aliphatic rings. The Kier molecular flexibility index (Phi) is 4.44. The first-order chi connectivity index (χ1) is 12.2. The highest BCUT2D eigenvalue weighted by Gasteiger charge is 2.40. The van der Waals surface area contributed by atoms with Crippen LogP contribution < -0.4 is 10.5 Å². The van der Waals surface area contributed by atoms with Crippen LogP contribution in [0.25, 0.3) is 11.3 Å². The molecule has 0 aliphatic carbocycles. The molecule has 4 unspecified atom stereocenters. The maximum Gasteiger partial charge on any atom is 0.128 e. The summed E-state index contributed by atoms with van der Waals surface area (Å²) in [6, 6.07) is 10.8. The molecule has 2 N–H and O–H groups in total. The summed E-state index contributed by atoms with van der Waals surface area (Å²) in [5, 5.41) is 0. The van der Waals surface area contributed by atoms with Gasteiger partial charge in [0.15, 0.2) is 0 Å². The Bertz CT molecular complexity index is 763. The van der Waals surface area contributed by atoms with Crippen LogP contribution in [-0.4, -0.2) is 47.7 Å². The lowest BCUT2D eigenvalue weighted by molar-refractivity contribution is 0.0333. The summed E-state index contributed by atoms with van der Waals surface area (Å²) in [6.07, 6.45) is 2.43. The summed E-state index contributed by atoms with van der Waals surface area (Å²) in [7, 11) is 1.70. The van der Waals surface area contributed by atoms with Gasteiger partial charge in [0.05, 0.1) is 12.8 Å². The number of benzene rings is 1. The van der Waals surface area contributed by atoms with Crippen LogP contribution in [0, 0.1) is 12.8 Å². The Labute approximate surface area is 149 Å². The maximum absolute atomic E-state index is 5.95. The fourth-order valence-corrected chi connectivity index (χ4v) is 4.49. The maximum atomic E-state index is 5.95. The molecule has 0 saturated carbocycles. The van der Waals surface area contributed by atoms with E-state index < -0.39 is 0 Å². The molecule has 5 rings (SSSR count). The van der Waals surface area contributed by atoms with Gasteiger partial charge in [-0.1, -0.05) is 12.1 Å². The molecule has 5 nitrogen and oxygen atoms in total. The number of para-hydroxylation sites is 1. The first-order valence-corrected chi connectivity index (χ1v) is 9.12. The third-order valence-corrected chi connectivity index (χ3v) is 5.77. The van der Waals surface area contributed by atoms with Gasteiger partial charge in [-0.05, 0) is 50.4 Å². The van der Waals surface area contributed by atoms with Crippen molar-refractivity contribution in [2.24, 2.45) is 11.7 Å². The smallest absolute Gasteiger partial charge is 0.128 e. The summed E-state index contributed by atoms with van der Waals surface area (Å²) in [6.45, 7) is 4.98. The Balaban J connectivity index is 1.69. The van der Waals surface area contributed by atoms with Crippen LogP contribution >= 0.6 is 0 Å². The van der Waals surface area contributed by atoms with Gasteiger partial charge >= 0.3 is 0 Å². The Hall–Kier alpha value is -1.98. The number of methoxy groups -OCH3 is 1. The van der Waals surface area contributed by atoms with Crippen molar-refractivity contribution in [3.8, 4) is 17.0 Å². The van der Waals surface area contributed by atoms with E-state index in [1.165, 1.54) is 25.1 Å². The minimum atomic E-state index is 0.478. The number of hydrogen-bond acceptors (Lipinski definition) is 5. The number of nitrogens with zero attached hydrogens (tertiary/aromatic N) is 3. The van der Waals surface area contributed by atoms with Crippen LogP contribution in [0.5, 0.6) is 5.75 Å². The molecule has 3 saturated heterocycles. The third-order valence-electron chi connectivity index (χ3n) is 5.77. The molecule has 1 aromatic carbocycles. The second-order valence-corrected chi connectivity index (χ2v) is 7.20. The summed E-state index contributed by atoms with van der Waals surface area (Å²) in [4.78, 5) is 12.0. The first kappa shape index (κ1) is 16.5. The predicted octanol–water partition coefficient (Wildman–Crippen LogP) is 2.60. The molecular formula is C20H26N4O. The third kappa shape index (κ3) is 3.02. The number of fused-ring (bicyclic) bond motifs is 3. The van der Waals surface area contributed by atoms with Gasteiger partial charge < -0.3 is 10.5 Å². The molecule has 25 heavy (non-hydrogen) atoms. The zero-order chi connectivity index (χ0) is 17.4. The molecule has 4 atom stereocenters. The minimum Gasteiger partial charge on any atom is -0.496 e. The molecule has 3 aliphatic heterocycles. The number of piperidine rings is 3. The molecular weight excluding hydrogens is 312 g/mol. The molecule has 132 valence electrons. The van der Waals surface area contributed by atoms with Gasteiger partial charge in [0.25, 0.3) is 0 Å². The predicted molar refractivity (Wildman–Crippen MR) is 98.6 cm³/mol. The quantitative estimate of drug-likeness (QED) is 0.928. The van der Waals surface area contributed by atoms with Gasteiger partial charge in [-0.3, -0.25) is 4.90 Å². The van der Waals surface area contributed by atoms with Gasteiger partial charge in [0.2, 0.25) is 0 Å². The highest BCUT2D eigenvalue weighted by Crippen LogP contribution is 2.42. The zero-order valence-electron chi connectivity index (χ0n) is 15.0. The van der Waals surface area contributed by atoms with Gasteiger partial charge in [-0.15, -0.1) is 0 Å². The Morgan fingerprint density at radius 1 is 1.28 bits per heavy atom. The van der Waals surface area contributed by atoms with E-state index in [2.05, 4.69) is 22.0 Å². The van der Waals surface area contributed by atoms with E-state index >= 15 is 0 Å². The van der Waals surface area contributed by atoms with E-state index in [1.807, 2.05) is 25.1 Å². The van der Waals surface area contributed by atoms with Crippen molar-refractivity contribution in [2.45, 2.75) is 31.7 Å². The number of hydrogen-bond donors (Lipinski definition) is 1. The molecule has 0 spiro atoms. The van der Waals surface area contributed by atoms with Crippen LogP contribution in [0.4, 0.5) is 0 Å². The summed E-state index contributed by atoms with van der Waals surface area (Å²) in [5.74, 6) is 2.83. The number of rotatable bonds is 4. The number of aromatic nitrogens is 2. The van der Waals surface area contributed by atoms with Crippen LogP contribution in [0.3, 0.4) is 0 Å². The summed E-state index contributed by atoms with van der Waals surface area (Å²) < 4.78 is 5.52. The van der Waals surface area contributed by atoms with Crippen molar-refractivity contribution in [1.82, 2.24) is 14.9 Å². The van der Waals surface area contributed by atoms with Crippen molar-refractivity contribution >= 4 is 0 Å². The van der Waals surface area contributed by atoms with E-state index in [-0.39, 0.29) is 0 Å². The van der Waals surface area contributed by atoms with Crippen molar-refractivity contribution in [1.29, 1.82) is 0 Å². The van der Waals surface area contributed by atoms with Crippen LogP contribution in [0.1, 0.15) is 30.3 Å². The molecule has 2 bridgehead atoms. The van der Waals surface area contributed by atoms with E-state index in [0.29, 0.717) is 17.9 Å². The molecule has 0 amide bonds. The number of ether oxygens (including phenoxy) is 1. The van der Waals surface area contributed by atoms with E-state index in [0.717, 1.165) is 35.9 Å². The Morgan fingerprint density at radius 3 is 2.84 bits per heavy atom. The second kappa shape index (κ2) is 6.73. The molecule has 5 heteroatoms. The lowest BCUT2D eigenvalue weighted by Crippen LogP contribution is -2.55. The lowest BCUT2D eigenvalue weighted by atomic mass is 9.74. The molecule has 4 heterocycles. The fraction of sp³-hybridized carbons (Fsp3) is 0.500. The van der Waals surface area contributed by atoms with Crippen LogP contribution in [-0.2, 0) is 0 Å². The molecule has 3 fully saturated rings. The van der Waals surface area contributed by atoms with Gasteiger partial charge in [-0.2, -0.15) is 0 Å². The zero-order valence-corrected chi connectivity index (χ0v) is 15.0. The van der Waals surface area contributed by atoms with Crippen LogP contribution in [0.15, 0.2) is 30.3 Å². The number of nitrogens with two attached hydrogens (primary N) is 1. The van der Waals surface area contributed by atoms with Gasteiger partial charge in [0, 0.05) is 36.3 Å². The van der Waals surface area contributed by atoms with Gasteiger partial charge in [-0.25, -0.2) is 9.97 Å². The largest absolute Gasteiger partial charge is 0.496 e. The molecule has 1 aromatic heterocycles. The molecule has 0 radical (unpaired) electrons. The lowest BCUT2D eigenvalue weighted by Gasteiger charge is -2.49. The normalized spacial score (nSPS) is 28.1. The Morgan fingerprint density at radius 2 is 2.12 bits per heavy atom. The van der Waals surface area contributed by atoms with Crippen molar-refractivity contribution in [2.75, 3.05) is 26.7 Å². The molecule has 2 aromatic rings.